The van der Waals surface area contributed by atoms with Gasteiger partial charge in [0.05, 0.1) is 16.9 Å². The molecule has 0 heterocycles. The summed E-state index contributed by atoms with van der Waals surface area (Å²) in [6.07, 6.45) is 0. The third kappa shape index (κ3) is 3.47. The number of rotatable bonds is 5. The second-order valence-electron chi connectivity index (χ2n) is 3.77. The van der Waals surface area contributed by atoms with E-state index in [2.05, 4.69) is 0 Å². The summed E-state index contributed by atoms with van der Waals surface area (Å²) >= 11 is 4.80. The summed E-state index contributed by atoms with van der Waals surface area (Å²) in [6.45, 7) is 5.30. The van der Waals surface area contributed by atoms with Gasteiger partial charge < -0.3 is 16.4 Å². The molecule has 0 aliphatic carbocycles. The largest absolute Gasteiger partial charge is 0.392 e. The molecular formula is C9H17N3O2S. The van der Waals surface area contributed by atoms with Crippen molar-refractivity contribution in [3.8, 4) is 0 Å². The smallest absolute Gasteiger partial charge is 0.237 e. The number of likely N-dealkylation sites (N-methyl/N-ethyl adjacent to an activating group) is 1. The first kappa shape index (κ1) is 13.8. The minimum Gasteiger partial charge on any atom is -0.392 e. The second-order valence-corrected chi connectivity index (χ2v) is 4.21. The number of amides is 2. The predicted octanol–water partition coefficient (Wildman–Crippen LogP) is -0.367. The van der Waals surface area contributed by atoms with Crippen LogP contribution in [0.3, 0.4) is 0 Å². The summed E-state index contributed by atoms with van der Waals surface area (Å²) in [7, 11) is 0. The molecule has 0 fully saturated rings. The first-order valence-electron chi connectivity index (χ1n) is 4.61. The number of primary amides is 1. The lowest BCUT2D eigenvalue weighted by molar-refractivity contribution is -0.139. The Morgan fingerprint density at radius 1 is 1.33 bits per heavy atom. The lowest BCUT2D eigenvalue weighted by atomic mass is 9.91. The fraction of sp³-hybridized carbons (Fsp3) is 0.667. The highest BCUT2D eigenvalue weighted by Gasteiger charge is 2.34. The van der Waals surface area contributed by atoms with Crippen LogP contribution in [0, 0.1) is 5.41 Å². The molecule has 0 aliphatic heterocycles. The van der Waals surface area contributed by atoms with Crippen molar-refractivity contribution in [2.75, 3.05) is 13.1 Å². The molecule has 0 spiro atoms. The SMILES string of the molecule is CCN(CC(N)=O)C(=O)C(C)(C)C(N)=S. The number of hydrogen-bond acceptors (Lipinski definition) is 3. The second kappa shape index (κ2) is 5.06. The fourth-order valence-corrected chi connectivity index (χ4v) is 1.10. The first-order valence-corrected chi connectivity index (χ1v) is 5.01. The van der Waals surface area contributed by atoms with Gasteiger partial charge in [0, 0.05) is 6.54 Å². The van der Waals surface area contributed by atoms with E-state index in [4.69, 9.17) is 23.7 Å². The van der Waals surface area contributed by atoms with Crippen molar-refractivity contribution in [2.24, 2.45) is 16.9 Å². The van der Waals surface area contributed by atoms with E-state index in [1.54, 1.807) is 20.8 Å². The molecule has 0 aliphatic rings. The number of carbonyl (C=O) groups excluding carboxylic acids is 2. The van der Waals surface area contributed by atoms with Crippen LogP contribution in [-0.2, 0) is 9.59 Å². The molecular weight excluding hydrogens is 214 g/mol. The van der Waals surface area contributed by atoms with Gasteiger partial charge in [-0.1, -0.05) is 12.2 Å². The Morgan fingerprint density at radius 2 is 1.80 bits per heavy atom. The van der Waals surface area contributed by atoms with Gasteiger partial charge in [0.15, 0.2) is 0 Å². The average Bonchev–Trinajstić information content (AvgIpc) is 2.12. The predicted molar refractivity (Wildman–Crippen MR) is 62.0 cm³/mol. The van der Waals surface area contributed by atoms with Crippen LogP contribution in [0.2, 0.25) is 0 Å². The Balaban J connectivity index is 4.80. The molecule has 0 aromatic heterocycles. The molecule has 0 saturated heterocycles. The molecule has 86 valence electrons. The lowest BCUT2D eigenvalue weighted by Crippen LogP contribution is -2.49. The Kier molecular flexibility index (Phi) is 4.67. The van der Waals surface area contributed by atoms with Gasteiger partial charge in [0.1, 0.15) is 0 Å². The zero-order valence-electron chi connectivity index (χ0n) is 9.24. The topological polar surface area (TPSA) is 89.4 Å². The molecule has 0 aromatic carbocycles. The average molecular weight is 231 g/mol. The Morgan fingerprint density at radius 3 is 2.07 bits per heavy atom. The van der Waals surface area contributed by atoms with Crippen LogP contribution >= 0.6 is 12.2 Å². The first-order chi connectivity index (χ1) is 6.73. The highest BCUT2D eigenvalue weighted by molar-refractivity contribution is 7.80. The maximum atomic E-state index is 11.9. The van der Waals surface area contributed by atoms with Gasteiger partial charge in [-0.2, -0.15) is 0 Å². The molecule has 5 nitrogen and oxygen atoms in total. The Hall–Kier alpha value is -1.17. The van der Waals surface area contributed by atoms with Crippen molar-refractivity contribution in [1.29, 1.82) is 0 Å². The summed E-state index contributed by atoms with van der Waals surface area (Å²) in [5, 5.41) is 0. The molecule has 0 bridgehead atoms. The molecule has 15 heavy (non-hydrogen) atoms. The van der Waals surface area contributed by atoms with Crippen LogP contribution in [0.5, 0.6) is 0 Å². The molecule has 0 saturated carbocycles. The monoisotopic (exact) mass is 231 g/mol. The lowest BCUT2D eigenvalue weighted by Gasteiger charge is -2.29. The van der Waals surface area contributed by atoms with E-state index in [0.29, 0.717) is 6.54 Å². The minimum absolute atomic E-state index is 0.107. The molecule has 6 heteroatoms. The number of thiocarbonyl (C=S) groups is 1. The summed E-state index contributed by atoms with van der Waals surface area (Å²) in [5.41, 5.74) is 9.55. The molecule has 0 aromatic rings. The third-order valence-electron chi connectivity index (χ3n) is 2.17. The van der Waals surface area contributed by atoms with E-state index < -0.39 is 11.3 Å². The van der Waals surface area contributed by atoms with Gasteiger partial charge >= 0.3 is 0 Å². The van der Waals surface area contributed by atoms with Gasteiger partial charge in [-0.3, -0.25) is 9.59 Å². The Labute approximate surface area is 94.8 Å². The molecule has 0 atom stereocenters. The van der Waals surface area contributed by atoms with Crippen molar-refractivity contribution in [3.05, 3.63) is 0 Å². The maximum Gasteiger partial charge on any atom is 0.237 e. The fourth-order valence-electron chi connectivity index (χ4n) is 1.02. The van der Waals surface area contributed by atoms with E-state index in [9.17, 15) is 9.59 Å². The molecule has 2 amide bonds. The number of nitrogens with zero attached hydrogens (tertiary/aromatic N) is 1. The maximum absolute atomic E-state index is 11.9. The van der Waals surface area contributed by atoms with E-state index in [0.717, 1.165) is 0 Å². The van der Waals surface area contributed by atoms with Crippen molar-refractivity contribution in [1.82, 2.24) is 4.90 Å². The normalized spacial score (nSPS) is 10.9. The van der Waals surface area contributed by atoms with Crippen LogP contribution < -0.4 is 11.5 Å². The standard InChI is InChI=1S/C9H17N3O2S/c1-4-12(5-6(10)13)8(14)9(2,3)7(11)15/h4-5H2,1-3H3,(H2,10,13)(H2,11,15). The number of carbonyl (C=O) groups is 2. The van der Waals surface area contributed by atoms with Gasteiger partial charge in [0.2, 0.25) is 11.8 Å². The molecule has 4 N–H and O–H groups in total. The van der Waals surface area contributed by atoms with Crippen LogP contribution in [0.15, 0.2) is 0 Å². The van der Waals surface area contributed by atoms with Gasteiger partial charge in [-0.15, -0.1) is 0 Å². The van der Waals surface area contributed by atoms with Crippen molar-refractivity contribution < 1.29 is 9.59 Å². The highest BCUT2D eigenvalue weighted by atomic mass is 32.1. The Bertz CT molecular complexity index is 289. The molecule has 0 unspecified atom stereocenters. The van der Waals surface area contributed by atoms with Crippen LogP contribution in [0.25, 0.3) is 0 Å². The van der Waals surface area contributed by atoms with Crippen LogP contribution in [-0.4, -0.2) is 34.8 Å². The van der Waals surface area contributed by atoms with Crippen molar-refractivity contribution >= 4 is 29.0 Å². The van der Waals surface area contributed by atoms with Crippen LogP contribution in [0.1, 0.15) is 20.8 Å². The third-order valence-corrected chi connectivity index (χ3v) is 2.68. The quantitative estimate of drug-likeness (QED) is 0.632. The summed E-state index contributed by atoms with van der Waals surface area (Å²) in [6, 6.07) is 0. The minimum atomic E-state index is -0.944. The highest BCUT2D eigenvalue weighted by Crippen LogP contribution is 2.19. The molecule has 0 rings (SSSR count). The summed E-state index contributed by atoms with van der Waals surface area (Å²) < 4.78 is 0. The van der Waals surface area contributed by atoms with Crippen LogP contribution in [0.4, 0.5) is 0 Å². The number of hydrogen-bond donors (Lipinski definition) is 2. The van der Waals surface area contributed by atoms with E-state index in [1.165, 1.54) is 4.90 Å². The van der Waals surface area contributed by atoms with E-state index in [-0.39, 0.29) is 17.4 Å². The summed E-state index contributed by atoms with van der Waals surface area (Å²) in [4.78, 5) is 24.1. The van der Waals surface area contributed by atoms with Gasteiger partial charge in [0.25, 0.3) is 0 Å². The number of nitrogens with two attached hydrogens (primary N) is 2. The summed E-state index contributed by atoms with van der Waals surface area (Å²) in [5.74, 6) is -0.833. The van der Waals surface area contributed by atoms with E-state index in [1.807, 2.05) is 0 Å². The van der Waals surface area contributed by atoms with Crippen molar-refractivity contribution in [2.45, 2.75) is 20.8 Å². The molecule has 0 radical (unpaired) electrons. The van der Waals surface area contributed by atoms with Gasteiger partial charge in [-0.25, -0.2) is 0 Å². The zero-order chi connectivity index (χ0) is 12.2. The van der Waals surface area contributed by atoms with Gasteiger partial charge in [-0.05, 0) is 20.8 Å². The zero-order valence-corrected chi connectivity index (χ0v) is 10.1. The van der Waals surface area contributed by atoms with Crippen molar-refractivity contribution in [3.63, 3.8) is 0 Å². The van der Waals surface area contributed by atoms with E-state index >= 15 is 0 Å².